The molecule has 0 aliphatic rings. The summed E-state index contributed by atoms with van der Waals surface area (Å²) in [5.74, 6) is 1.28. The Morgan fingerprint density at radius 3 is 2.69 bits per heavy atom. The number of hydrogen-bond acceptors (Lipinski definition) is 4. The second kappa shape index (κ2) is 7.25. The maximum absolute atomic E-state index is 14.0. The first-order chi connectivity index (χ1) is 12.7. The van der Waals surface area contributed by atoms with Crippen LogP contribution in [0.5, 0.6) is 0 Å². The smallest absolute Gasteiger partial charge is 0.191 e. The summed E-state index contributed by atoms with van der Waals surface area (Å²) in [6, 6.07) is 17.0. The fourth-order valence-corrected chi connectivity index (χ4v) is 3.84. The van der Waals surface area contributed by atoms with Crippen LogP contribution < -0.4 is 0 Å². The number of hydrogen-bond donors (Lipinski definition) is 0. The number of aryl methyl sites for hydroxylation is 1. The summed E-state index contributed by atoms with van der Waals surface area (Å²) in [4.78, 5) is 4.35. The third-order valence-corrected chi connectivity index (χ3v) is 5.26. The minimum absolute atomic E-state index is 0.245. The van der Waals surface area contributed by atoms with Gasteiger partial charge in [0.25, 0.3) is 0 Å². The third kappa shape index (κ3) is 3.32. The standard InChI is InChI=1S/C20H17FN4S/c1-14-23-24-20(25(14)12-15-6-3-2-4-7-15)26-13-16-9-10-18(21)17-8-5-11-22-19(16)17/h2-11H,12-13H2,1H3. The van der Waals surface area contributed by atoms with Crippen molar-refractivity contribution in [2.24, 2.45) is 0 Å². The summed E-state index contributed by atoms with van der Waals surface area (Å²) >= 11 is 1.59. The number of nitrogens with zero attached hydrogens (tertiary/aromatic N) is 4. The molecule has 0 bridgehead atoms. The first kappa shape index (κ1) is 16.7. The van der Waals surface area contributed by atoms with Gasteiger partial charge in [-0.1, -0.05) is 48.2 Å². The van der Waals surface area contributed by atoms with Gasteiger partial charge < -0.3 is 4.57 Å². The van der Waals surface area contributed by atoms with Crippen LogP contribution in [0, 0.1) is 12.7 Å². The Bertz CT molecular complexity index is 1050. The first-order valence-corrected chi connectivity index (χ1v) is 9.29. The summed E-state index contributed by atoms with van der Waals surface area (Å²) < 4.78 is 16.1. The minimum Gasteiger partial charge on any atom is -0.302 e. The Labute approximate surface area is 155 Å². The number of pyridine rings is 1. The van der Waals surface area contributed by atoms with Crippen LogP contribution in [0.25, 0.3) is 10.9 Å². The number of fused-ring (bicyclic) bond motifs is 1. The highest BCUT2D eigenvalue weighted by Gasteiger charge is 2.12. The lowest BCUT2D eigenvalue weighted by atomic mass is 10.1. The van der Waals surface area contributed by atoms with E-state index in [9.17, 15) is 4.39 Å². The molecule has 2 aromatic heterocycles. The largest absolute Gasteiger partial charge is 0.302 e. The fourth-order valence-electron chi connectivity index (χ4n) is 2.87. The van der Waals surface area contributed by atoms with Gasteiger partial charge in [-0.3, -0.25) is 4.98 Å². The maximum atomic E-state index is 14.0. The van der Waals surface area contributed by atoms with E-state index in [1.807, 2.05) is 25.1 Å². The molecule has 4 aromatic rings. The quantitative estimate of drug-likeness (QED) is 0.485. The van der Waals surface area contributed by atoms with Crippen LogP contribution in [-0.2, 0) is 12.3 Å². The molecule has 0 saturated heterocycles. The molecule has 26 heavy (non-hydrogen) atoms. The highest BCUT2D eigenvalue weighted by molar-refractivity contribution is 7.98. The zero-order valence-electron chi connectivity index (χ0n) is 14.3. The van der Waals surface area contributed by atoms with Gasteiger partial charge in [0.05, 0.1) is 12.1 Å². The molecule has 0 spiro atoms. The van der Waals surface area contributed by atoms with Crippen molar-refractivity contribution in [2.75, 3.05) is 0 Å². The van der Waals surface area contributed by atoms with E-state index in [0.29, 0.717) is 16.7 Å². The average Bonchev–Trinajstić information content (AvgIpc) is 3.02. The van der Waals surface area contributed by atoms with Crippen LogP contribution in [0.15, 0.2) is 66.0 Å². The van der Waals surface area contributed by atoms with Gasteiger partial charge in [-0.15, -0.1) is 10.2 Å². The highest BCUT2D eigenvalue weighted by atomic mass is 32.2. The molecule has 0 unspecified atom stereocenters. The molecule has 0 amide bonds. The highest BCUT2D eigenvalue weighted by Crippen LogP contribution is 2.27. The molecule has 4 nitrogen and oxygen atoms in total. The molecule has 6 heteroatoms. The Balaban J connectivity index is 1.59. The zero-order chi connectivity index (χ0) is 17.9. The predicted octanol–water partition coefficient (Wildman–Crippen LogP) is 4.61. The van der Waals surface area contributed by atoms with Crippen molar-refractivity contribution >= 4 is 22.7 Å². The monoisotopic (exact) mass is 364 g/mol. The summed E-state index contributed by atoms with van der Waals surface area (Å²) in [7, 11) is 0. The Hall–Kier alpha value is -2.73. The van der Waals surface area contributed by atoms with E-state index in [2.05, 4.69) is 31.9 Å². The zero-order valence-corrected chi connectivity index (χ0v) is 15.1. The Morgan fingerprint density at radius 1 is 1.00 bits per heavy atom. The second-order valence-corrected chi connectivity index (χ2v) is 6.94. The number of aromatic nitrogens is 4. The van der Waals surface area contributed by atoms with E-state index in [4.69, 9.17) is 0 Å². The van der Waals surface area contributed by atoms with Crippen molar-refractivity contribution in [1.82, 2.24) is 19.7 Å². The van der Waals surface area contributed by atoms with Crippen molar-refractivity contribution in [3.8, 4) is 0 Å². The van der Waals surface area contributed by atoms with Crippen molar-refractivity contribution < 1.29 is 4.39 Å². The van der Waals surface area contributed by atoms with E-state index in [1.54, 1.807) is 36.2 Å². The molecule has 0 aliphatic heterocycles. The molecule has 2 aromatic carbocycles. The Kier molecular flexibility index (Phi) is 4.67. The number of thioether (sulfide) groups is 1. The summed E-state index contributed by atoms with van der Waals surface area (Å²) in [5, 5.41) is 9.92. The lowest BCUT2D eigenvalue weighted by Crippen LogP contribution is -2.04. The average molecular weight is 364 g/mol. The third-order valence-electron chi connectivity index (χ3n) is 4.24. The molecular formula is C20H17FN4S. The van der Waals surface area contributed by atoms with Gasteiger partial charge in [-0.2, -0.15) is 0 Å². The lowest BCUT2D eigenvalue weighted by Gasteiger charge is -2.09. The Morgan fingerprint density at radius 2 is 1.85 bits per heavy atom. The molecule has 0 saturated carbocycles. The van der Waals surface area contributed by atoms with E-state index in [1.165, 1.54) is 11.6 Å². The first-order valence-electron chi connectivity index (χ1n) is 8.31. The molecule has 130 valence electrons. The van der Waals surface area contributed by atoms with E-state index in [-0.39, 0.29) is 5.82 Å². The number of rotatable bonds is 5. The maximum Gasteiger partial charge on any atom is 0.191 e. The van der Waals surface area contributed by atoms with Crippen molar-refractivity contribution in [3.63, 3.8) is 0 Å². The van der Waals surface area contributed by atoms with Gasteiger partial charge in [0.1, 0.15) is 11.6 Å². The van der Waals surface area contributed by atoms with Gasteiger partial charge in [0.2, 0.25) is 0 Å². The van der Waals surface area contributed by atoms with Gasteiger partial charge in [-0.05, 0) is 36.2 Å². The van der Waals surface area contributed by atoms with Gasteiger partial charge >= 0.3 is 0 Å². The predicted molar refractivity (Wildman–Crippen MR) is 102 cm³/mol. The van der Waals surface area contributed by atoms with Gasteiger partial charge in [-0.25, -0.2) is 4.39 Å². The topological polar surface area (TPSA) is 43.6 Å². The van der Waals surface area contributed by atoms with Crippen LogP contribution >= 0.6 is 11.8 Å². The molecule has 0 N–H and O–H groups in total. The molecule has 4 rings (SSSR count). The molecule has 2 heterocycles. The SMILES string of the molecule is Cc1nnc(SCc2ccc(F)c3cccnc23)n1Cc1ccccc1. The van der Waals surface area contributed by atoms with Gasteiger partial charge in [0, 0.05) is 17.3 Å². The normalized spacial score (nSPS) is 11.2. The van der Waals surface area contributed by atoms with Gasteiger partial charge in [0.15, 0.2) is 5.16 Å². The molecule has 0 radical (unpaired) electrons. The van der Waals surface area contributed by atoms with Crippen LogP contribution in [0.1, 0.15) is 17.0 Å². The van der Waals surface area contributed by atoms with Crippen LogP contribution in [0.3, 0.4) is 0 Å². The molecule has 0 aliphatic carbocycles. The van der Waals surface area contributed by atoms with Crippen LogP contribution in [0.2, 0.25) is 0 Å². The van der Waals surface area contributed by atoms with Crippen LogP contribution in [0.4, 0.5) is 4.39 Å². The summed E-state index contributed by atoms with van der Waals surface area (Å²) in [6.45, 7) is 2.68. The minimum atomic E-state index is -0.245. The molecular weight excluding hydrogens is 347 g/mol. The number of halogens is 1. The van der Waals surface area contributed by atoms with E-state index >= 15 is 0 Å². The second-order valence-electron chi connectivity index (χ2n) is 6.00. The number of benzene rings is 2. The van der Waals surface area contributed by atoms with Crippen molar-refractivity contribution in [3.05, 3.63) is 83.6 Å². The van der Waals surface area contributed by atoms with Crippen molar-refractivity contribution in [1.29, 1.82) is 0 Å². The van der Waals surface area contributed by atoms with Crippen LogP contribution in [-0.4, -0.2) is 19.7 Å². The van der Waals surface area contributed by atoms with Crippen molar-refractivity contribution in [2.45, 2.75) is 24.4 Å². The molecule has 0 atom stereocenters. The van der Waals surface area contributed by atoms with E-state index in [0.717, 1.165) is 23.1 Å². The lowest BCUT2D eigenvalue weighted by molar-refractivity contribution is 0.639. The molecule has 0 fully saturated rings. The fraction of sp³-hybridized carbons (Fsp3) is 0.150. The summed E-state index contributed by atoms with van der Waals surface area (Å²) in [5.41, 5.74) is 2.89. The van der Waals surface area contributed by atoms with E-state index < -0.39 is 0 Å². The summed E-state index contributed by atoms with van der Waals surface area (Å²) in [6.07, 6.45) is 1.69.